The highest BCUT2D eigenvalue weighted by molar-refractivity contribution is 5.78. The highest BCUT2D eigenvalue weighted by Gasteiger charge is 2.22. The van der Waals surface area contributed by atoms with Crippen molar-refractivity contribution in [2.24, 2.45) is 5.92 Å². The molecule has 2 heterocycles. The molecule has 6 nitrogen and oxygen atoms in total. The third-order valence-corrected chi connectivity index (χ3v) is 3.53. The Morgan fingerprint density at radius 3 is 2.75 bits per heavy atom. The summed E-state index contributed by atoms with van der Waals surface area (Å²) < 4.78 is 5.52. The van der Waals surface area contributed by atoms with Gasteiger partial charge in [-0.25, -0.2) is 0 Å². The van der Waals surface area contributed by atoms with Crippen molar-refractivity contribution in [3.05, 3.63) is 30.4 Å². The molecule has 1 amide bonds. The lowest BCUT2D eigenvalue weighted by Crippen LogP contribution is -2.28. The lowest BCUT2D eigenvalue weighted by molar-refractivity contribution is -0.125. The number of rotatable bonds is 4. The second-order valence-electron chi connectivity index (χ2n) is 4.94. The quantitative estimate of drug-likeness (QED) is 0.919. The first-order valence-corrected chi connectivity index (χ1v) is 6.83. The molecule has 0 aromatic carbocycles. The van der Waals surface area contributed by atoms with Gasteiger partial charge in [0.2, 0.25) is 17.7 Å². The van der Waals surface area contributed by atoms with Gasteiger partial charge in [-0.1, -0.05) is 12.8 Å². The molecule has 1 aliphatic rings. The lowest BCUT2D eigenvalue weighted by atomic mass is 10.1. The van der Waals surface area contributed by atoms with Gasteiger partial charge in [0.25, 0.3) is 0 Å². The molecular weight excluding hydrogens is 256 g/mol. The van der Waals surface area contributed by atoms with E-state index in [9.17, 15) is 4.79 Å². The Morgan fingerprint density at radius 2 is 2.00 bits per heavy atom. The number of nitrogens with one attached hydrogen (secondary N) is 1. The van der Waals surface area contributed by atoms with E-state index in [1.807, 2.05) is 0 Å². The Hall–Kier alpha value is -2.24. The Bertz CT molecular complexity index is 576. The normalized spacial score (nSPS) is 15.4. The third kappa shape index (κ3) is 2.84. The van der Waals surface area contributed by atoms with Crippen LogP contribution >= 0.6 is 0 Å². The molecule has 0 unspecified atom stereocenters. The molecular formula is C14H16N4O2. The van der Waals surface area contributed by atoms with Gasteiger partial charge in [-0.05, 0) is 25.0 Å². The number of amides is 1. The van der Waals surface area contributed by atoms with Crippen molar-refractivity contribution in [3.8, 4) is 11.5 Å². The van der Waals surface area contributed by atoms with Crippen LogP contribution in [-0.4, -0.2) is 21.1 Å². The topological polar surface area (TPSA) is 80.9 Å². The van der Waals surface area contributed by atoms with Gasteiger partial charge in [0, 0.05) is 23.9 Å². The fourth-order valence-electron chi connectivity index (χ4n) is 2.43. The van der Waals surface area contributed by atoms with Gasteiger partial charge in [-0.15, -0.1) is 10.2 Å². The summed E-state index contributed by atoms with van der Waals surface area (Å²) in [6, 6.07) is 3.60. The molecule has 20 heavy (non-hydrogen) atoms. The van der Waals surface area contributed by atoms with Crippen molar-refractivity contribution < 1.29 is 9.21 Å². The molecule has 0 radical (unpaired) electrons. The van der Waals surface area contributed by atoms with Gasteiger partial charge in [0.15, 0.2) is 0 Å². The fraction of sp³-hybridized carbons (Fsp3) is 0.429. The van der Waals surface area contributed by atoms with Crippen molar-refractivity contribution in [1.82, 2.24) is 20.5 Å². The van der Waals surface area contributed by atoms with Crippen molar-refractivity contribution in [2.75, 3.05) is 0 Å². The minimum Gasteiger partial charge on any atom is -0.419 e. The maximum Gasteiger partial charge on any atom is 0.247 e. The molecule has 1 N–H and O–H groups in total. The van der Waals surface area contributed by atoms with E-state index in [0.717, 1.165) is 31.2 Å². The second-order valence-corrected chi connectivity index (χ2v) is 4.94. The molecule has 0 saturated heterocycles. The molecule has 1 fully saturated rings. The van der Waals surface area contributed by atoms with Gasteiger partial charge >= 0.3 is 0 Å². The Morgan fingerprint density at radius 1 is 1.25 bits per heavy atom. The molecule has 0 bridgehead atoms. The minimum atomic E-state index is 0.0890. The van der Waals surface area contributed by atoms with E-state index in [4.69, 9.17) is 4.42 Å². The van der Waals surface area contributed by atoms with Gasteiger partial charge in [-0.2, -0.15) is 0 Å². The van der Waals surface area contributed by atoms with Crippen molar-refractivity contribution in [3.63, 3.8) is 0 Å². The smallest absolute Gasteiger partial charge is 0.247 e. The Balaban J connectivity index is 1.59. The number of carbonyl (C=O) groups is 1. The minimum absolute atomic E-state index is 0.0890. The predicted molar refractivity (Wildman–Crippen MR) is 71.3 cm³/mol. The summed E-state index contributed by atoms with van der Waals surface area (Å²) in [4.78, 5) is 15.8. The van der Waals surface area contributed by atoms with Crippen molar-refractivity contribution in [1.29, 1.82) is 0 Å². The average molecular weight is 272 g/mol. The van der Waals surface area contributed by atoms with E-state index in [2.05, 4.69) is 20.5 Å². The van der Waals surface area contributed by atoms with Crippen LogP contribution in [0.2, 0.25) is 0 Å². The summed E-state index contributed by atoms with van der Waals surface area (Å²) in [5, 5.41) is 10.8. The maximum atomic E-state index is 11.9. The zero-order valence-electron chi connectivity index (χ0n) is 11.1. The monoisotopic (exact) mass is 272 g/mol. The first-order chi connectivity index (χ1) is 9.83. The van der Waals surface area contributed by atoms with E-state index < -0.39 is 0 Å². The molecule has 0 atom stereocenters. The first-order valence-electron chi connectivity index (χ1n) is 6.83. The van der Waals surface area contributed by atoms with Gasteiger partial charge in [0.05, 0.1) is 6.54 Å². The number of carbonyl (C=O) groups excluding carboxylic acids is 1. The second kappa shape index (κ2) is 5.81. The standard InChI is InChI=1S/C14H16N4O2/c19-13(10-3-1-2-4-10)16-9-12-17-18-14(20-12)11-5-7-15-8-6-11/h5-8,10H,1-4,9H2,(H,16,19). The molecule has 6 heteroatoms. The SMILES string of the molecule is O=C(NCc1nnc(-c2ccncc2)o1)C1CCCC1. The van der Waals surface area contributed by atoms with Gasteiger partial charge < -0.3 is 9.73 Å². The summed E-state index contributed by atoms with van der Waals surface area (Å²) >= 11 is 0. The Labute approximate surface area is 116 Å². The zero-order valence-corrected chi connectivity index (χ0v) is 11.1. The van der Waals surface area contributed by atoms with E-state index in [1.54, 1.807) is 24.5 Å². The lowest BCUT2D eigenvalue weighted by Gasteiger charge is -2.07. The zero-order chi connectivity index (χ0) is 13.8. The fourth-order valence-corrected chi connectivity index (χ4v) is 2.43. The number of hydrogen-bond acceptors (Lipinski definition) is 5. The van der Waals surface area contributed by atoms with E-state index >= 15 is 0 Å². The summed E-state index contributed by atoms with van der Waals surface area (Å²) in [6.07, 6.45) is 7.59. The third-order valence-electron chi connectivity index (χ3n) is 3.53. The molecule has 2 aromatic rings. The summed E-state index contributed by atoms with van der Waals surface area (Å²) in [5.74, 6) is 1.10. The largest absolute Gasteiger partial charge is 0.419 e. The van der Waals surface area contributed by atoms with Crippen LogP contribution in [0.4, 0.5) is 0 Å². The van der Waals surface area contributed by atoms with Crippen molar-refractivity contribution >= 4 is 5.91 Å². The van der Waals surface area contributed by atoms with Gasteiger partial charge in [-0.3, -0.25) is 9.78 Å². The van der Waals surface area contributed by atoms with Crippen LogP contribution in [-0.2, 0) is 11.3 Å². The highest BCUT2D eigenvalue weighted by Crippen LogP contribution is 2.24. The summed E-state index contributed by atoms with van der Waals surface area (Å²) in [6.45, 7) is 0.285. The van der Waals surface area contributed by atoms with Crippen LogP contribution in [0.5, 0.6) is 0 Å². The molecule has 104 valence electrons. The molecule has 1 saturated carbocycles. The van der Waals surface area contributed by atoms with Crippen LogP contribution in [0.25, 0.3) is 11.5 Å². The molecule has 3 rings (SSSR count). The Kier molecular flexibility index (Phi) is 3.71. The summed E-state index contributed by atoms with van der Waals surface area (Å²) in [5.41, 5.74) is 0.820. The van der Waals surface area contributed by atoms with Crippen LogP contribution in [0.3, 0.4) is 0 Å². The first kappa shape index (κ1) is 12.8. The van der Waals surface area contributed by atoms with E-state index in [-0.39, 0.29) is 18.4 Å². The number of hydrogen-bond donors (Lipinski definition) is 1. The van der Waals surface area contributed by atoms with Gasteiger partial charge in [0.1, 0.15) is 0 Å². The number of aromatic nitrogens is 3. The molecule has 1 aliphatic carbocycles. The average Bonchev–Trinajstić information content (AvgIpc) is 3.17. The van der Waals surface area contributed by atoms with Crippen LogP contribution in [0.1, 0.15) is 31.6 Å². The molecule has 2 aromatic heterocycles. The summed E-state index contributed by atoms with van der Waals surface area (Å²) in [7, 11) is 0. The molecule has 0 aliphatic heterocycles. The maximum absolute atomic E-state index is 11.9. The van der Waals surface area contributed by atoms with Crippen LogP contribution in [0.15, 0.2) is 28.9 Å². The number of nitrogens with zero attached hydrogens (tertiary/aromatic N) is 3. The van der Waals surface area contributed by atoms with Crippen LogP contribution < -0.4 is 5.32 Å². The van der Waals surface area contributed by atoms with Crippen LogP contribution in [0, 0.1) is 5.92 Å². The number of pyridine rings is 1. The van der Waals surface area contributed by atoms with E-state index in [0.29, 0.717) is 11.8 Å². The molecule has 0 spiro atoms. The highest BCUT2D eigenvalue weighted by atomic mass is 16.4. The predicted octanol–water partition coefficient (Wildman–Crippen LogP) is 1.94. The van der Waals surface area contributed by atoms with Crippen molar-refractivity contribution in [2.45, 2.75) is 32.2 Å². The van der Waals surface area contributed by atoms with E-state index in [1.165, 1.54) is 0 Å².